The van der Waals surface area contributed by atoms with Crippen LogP contribution < -0.4 is 5.32 Å². The molecule has 8 nitrogen and oxygen atoms in total. The number of nitrogens with zero attached hydrogens (tertiary/aromatic N) is 1. The van der Waals surface area contributed by atoms with E-state index in [-0.39, 0.29) is 29.5 Å². The number of sulfonamides is 1. The topological polar surface area (TPSA) is 98.1 Å². The van der Waals surface area contributed by atoms with E-state index < -0.39 is 15.9 Å². The molecule has 0 bridgehead atoms. The molecule has 2 atom stereocenters. The Labute approximate surface area is 193 Å². The van der Waals surface area contributed by atoms with Gasteiger partial charge >= 0.3 is 0 Å². The van der Waals surface area contributed by atoms with E-state index in [0.29, 0.717) is 36.5 Å². The SMILES string of the molecule is CCOCc1c(C(=O)Nc2ccc(S(=O)(=O)N3C[C@H](C)O[C@@H](C)C3)cc2)oc2ccccc12. The van der Waals surface area contributed by atoms with Crippen LogP contribution in [0.4, 0.5) is 5.69 Å². The molecule has 2 aromatic carbocycles. The van der Waals surface area contributed by atoms with Crippen molar-refractivity contribution >= 4 is 32.6 Å². The molecule has 1 aliphatic heterocycles. The average molecular weight is 473 g/mol. The Hall–Kier alpha value is -2.72. The van der Waals surface area contributed by atoms with Crippen molar-refractivity contribution in [1.29, 1.82) is 0 Å². The summed E-state index contributed by atoms with van der Waals surface area (Å²) in [6, 6.07) is 13.5. The maximum absolute atomic E-state index is 13.0. The number of ether oxygens (including phenoxy) is 2. The summed E-state index contributed by atoms with van der Waals surface area (Å²) in [5.74, 6) is -0.245. The number of benzene rings is 2. The van der Waals surface area contributed by atoms with Gasteiger partial charge in [0.2, 0.25) is 10.0 Å². The zero-order valence-corrected chi connectivity index (χ0v) is 19.7. The van der Waals surface area contributed by atoms with Crippen LogP contribution in [0.1, 0.15) is 36.9 Å². The smallest absolute Gasteiger partial charge is 0.291 e. The highest BCUT2D eigenvalue weighted by Gasteiger charge is 2.32. The number of hydrogen-bond donors (Lipinski definition) is 1. The zero-order chi connectivity index (χ0) is 23.6. The molecule has 1 aliphatic rings. The van der Waals surface area contributed by atoms with Crippen LogP contribution >= 0.6 is 0 Å². The quantitative estimate of drug-likeness (QED) is 0.558. The van der Waals surface area contributed by atoms with Crippen LogP contribution in [0.5, 0.6) is 0 Å². The average Bonchev–Trinajstić information content (AvgIpc) is 3.16. The Morgan fingerprint density at radius 1 is 1.09 bits per heavy atom. The monoisotopic (exact) mass is 472 g/mol. The van der Waals surface area contributed by atoms with Crippen LogP contribution in [0.25, 0.3) is 11.0 Å². The third-order valence-electron chi connectivity index (χ3n) is 5.49. The van der Waals surface area contributed by atoms with Crippen molar-refractivity contribution in [2.24, 2.45) is 0 Å². The highest BCUT2D eigenvalue weighted by atomic mass is 32.2. The normalized spacial score (nSPS) is 19.6. The highest BCUT2D eigenvalue weighted by molar-refractivity contribution is 7.89. The number of anilines is 1. The molecule has 0 radical (unpaired) electrons. The van der Waals surface area contributed by atoms with Crippen molar-refractivity contribution in [3.8, 4) is 0 Å². The minimum atomic E-state index is -3.65. The second-order valence-electron chi connectivity index (χ2n) is 8.10. The van der Waals surface area contributed by atoms with Gasteiger partial charge in [0.15, 0.2) is 5.76 Å². The molecular formula is C24H28N2O6S. The van der Waals surface area contributed by atoms with Gasteiger partial charge in [-0.2, -0.15) is 4.31 Å². The lowest BCUT2D eigenvalue weighted by molar-refractivity contribution is -0.0440. The van der Waals surface area contributed by atoms with Gasteiger partial charge in [-0.15, -0.1) is 0 Å². The Kier molecular flexibility index (Phi) is 6.85. The van der Waals surface area contributed by atoms with Crippen molar-refractivity contribution < 1.29 is 27.1 Å². The summed E-state index contributed by atoms with van der Waals surface area (Å²) in [5, 5.41) is 3.62. The van der Waals surface area contributed by atoms with Gasteiger partial charge in [-0.25, -0.2) is 8.42 Å². The molecule has 0 saturated carbocycles. The van der Waals surface area contributed by atoms with Crippen molar-refractivity contribution in [1.82, 2.24) is 4.31 Å². The molecule has 33 heavy (non-hydrogen) atoms. The molecule has 0 aliphatic carbocycles. The molecule has 3 aromatic rings. The van der Waals surface area contributed by atoms with E-state index in [2.05, 4.69) is 5.32 Å². The van der Waals surface area contributed by atoms with Gasteiger partial charge in [0, 0.05) is 36.3 Å². The molecule has 176 valence electrons. The lowest BCUT2D eigenvalue weighted by Gasteiger charge is -2.34. The van der Waals surface area contributed by atoms with Gasteiger partial charge < -0.3 is 19.2 Å². The fourth-order valence-electron chi connectivity index (χ4n) is 4.00. The Bertz CT molecular complexity index is 1230. The highest BCUT2D eigenvalue weighted by Crippen LogP contribution is 2.28. The number of fused-ring (bicyclic) bond motifs is 1. The van der Waals surface area contributed by atoms with Crippen LogP contribution in [0, 0.1) is 0 Å². The number of carbonyl (C=O) groups is 1. The first-order valence-electron chi connectivity index (χ1n) is 10.9. The predicted octanol–water partition coefficient (Wildman–Crippen LogP) is 4.02. The molecule has 1 fully saturated rings. The Morgan fingerprint density at radius 3 is 2.42 bits per heavy atom. The minimum absolute atomic E-state index is 0.169. The van der Waals surface area contributed by atoms with E-state index in [0.717, 1.165) is 5.39 Å². The van der Waals surface area contributed by atoms with Crippen LogP contribution in [0.15, 0.2) is 57.8 Å². The second-order valence-corrected chi connectivity index (χ2v) is 10.0. The summed E-state index contributed by atoms with van der Waals surface area (Å²) in [4.78, 5) is 13.1. The van der Waals surface area contributed by atoms with Gasteiger partial charge in [-0.1, -0.05) is 18.2 Å². The molecule has 1 N–H and O–H groups in total. The first-order chi connectivity index (χ1) is 15.8. The third kappa shape index (κ3) is 4.96. The molecule has 0 spiro atoms. The van der Waals surface area contributed by atoms with Crippen molar-refractivity contribution in [2.75, 3.05) is 25.0 Å². The summed E-state index contributed by atoms with van der Waals surface area (Å²) in [6.45, 7) is 6.97. The molecule has 9 heteroatoms. The summed E-state index contributed by atoms with van der Waals surface area (Å²) >= 11 is 0. The molecule has 1 saturated heterocycles. The lowest BCUT2D eigenvalue weighted by atomic mass is 10.1. The number of carbonyl (C=O) groups excluding carboxylic acids is 1. The van der Waals surface area contributed by atoms with Crippen LogP contribution in [-0.4, -0.2) is 50.5 Å². The first kappa shape index (κ1) is 23.4. The van der Waals surface area contributed by atoms with Crippen LogP contribution in [0.2, 0.25) is 0 Å². The minimum Gasteiger partial charge on any atom is -0.451 e. The van der Waals surface area contributed by atoms with E-state index in [1.807, 2.05) is 39.0 Å². The maximum Gasteiger partial charge on any atom is 0.291 e. The maximum atomic E-state index is 13.0. The summed E-state index contributed by atoms with van der Waals surface area (Å²) < 4.78 is 44.5. The van der Waals surface area contributed by atoms with E-state index in [4.69, 9.17) is 13.9 Å². The van der Waals surface area contributed by atoms with E-state index in [1.165, 1.54) is 16.4 Å². The van der Waals surface area contributed by atoms with Crippen LogP contribution in [-0.2, 0) is 26.1 Å². The Morgan fingerprint density at radius 2 is 1.76 bits per heavy atom. The lowest BCUT2D eigenvalue weighted by Crippen LogP contribution is -2.48. The number of nitrogens with one attached hydrogen (secondary N) is 1. The largest absolute Gasteiger partial charge is 0.451 e. The molecular weight excluding hydrogens is 444 g/mol. The standard InChI is InChI=1S/C24H28N2O6S/c1-4-30-15-21-20-7-5-6-8-22(20)32-23(21)24(27)25-18-9-11-19(12-10-18)33(28,29)26-13-16(2)31-17(3)14-26/h5-12,16-17H,4,13-15H2,1-3H3,(H,25,27)/t16-,17-/m0/s1. The fourth-order valence-corrected chi connectivity index (χ4v) is 5.59. The van der Waals surface area contributed by atoms with E-state index >= 15 is 0 Å². The van der Waals surface area contributed by atoms with E-state index in [1.54, 1.807) is 18.2 Å². The van der Waals surface area contributed by atoms with Crippen molar-refractivity contribution in [2.45, 2.75) is 44.5 Å². The van der Waals surface area contributed by atoms with Gasteiger partial charge in [0.1, 0.15) is 5.58 Å². The van der Waals surface area contributed by atoms with Gasteiger partial charge in [-0.3, -0.25) is 4.79 Å². The molecule has 4 rings (SSSR count). The number of amides is 1. The number of rotatable bonds is 7. The number of furan rings is 1. The molecule has 0 unspecified atom stereocenters. The third-order valence-corrected chi connectivity index (χ3v) is 7.34. The molecule has 1 aromatic heterocycles. The van der Waals surface area contributed by atoms with Crippen molar-refractivity contribution in [3.05, 3.63) is 59.9 Å². The molecule has 2 heterocycles. The number of hydrogen-bond acceptors (Lipinski definition) is 6. The van der Waals surface area contributed by atoms with E-state index in [9.17, 15) is 13.2 Å². The number of para-hydroxylation sites is 1. The van der Waals surface area contributed by atoms with Crippen molar-refractivity contribution in [3.63, 3.8) is 0 Å². The second kappa shape index (κ2) is 9.64. The number of morpholine rings is 1. The summed E-state index contributed by atoms with van der Waals surface area (Å²) in [6.07, 6.45) is -0.339. The molecule has 1 amide bonds. The van der Waals surface area contributed by atoms with Crippen LogP contribution in [0.3, 0.4) is 0 Å². The van der Waals surface area contributed by atoms with Gasteiger partial charge in [0.05, 0.1) is 23.7 Å². The first-order valence-corrected chi connectivity index (χ1v) is 12.4. The fraction of sp³-hybridized carbons (Fsp3) is 0.375. The van der Waals surface area contributed by atoms with Gasteiger partial charge in [0.25, 0.3) is 5.91 Å². The zero-order valence-electron chi connectivity index (χ0n) is 18.9. The van der Waals surface area contributed by atoms with Gasteiger partial charge in [-0.05, 0) is 51.1 Å². The summed E-state index contributed by atoms with van der Waals surface area (Å²) in [5.41, 5.74) is 1.75. The Balaban J connectivity index is 1.53. The summed E-state index contributed by atoms with van der Waals surface area (Å²) in [7, 11) is -3.65. The predicted molar refractivity (Wildman–Crippen MR) is 125 cm³/mol.